The van der Waals surface area contributed by atoms with Crippen molar-refractivity contribution < 1.29 is 19.2 Å². The summed E-state index contributed by atoms with van der Waals surface area (Å²) in [4.78, 5) is 8.71. The number of hydrogen-bond acceptors (Lipinski definition) is 4. The van der Waals surface area contributed by atoms with Crippen LogP contribution in [-0.4, -0.2) is 40.5 Å². The van der Waals surface area contributed by atoms with Crippen molar-refractivity contribution in [3.05, 3.63) is 0 Å². The number of rotatable bonds is 0. The van der Waals surface area contributed by atoms with Gasteiger partial charge >= 0.3 is 7.48 Å². The van der Waals surface area contributed by atoms with Gasteiger partial charge in [0, 0.05) is 0 Å². The fraction of sp³-hybridized carbons (Fsp3) is 1.00. The van der Waals surface area contributed by atoms with Gasteiger partial charge in [0.2, 0.25) is 0 Å². The van der Waals surface area contributed by atoms with Crippen molar-refractivity contribution in [3.8, 4) is 0 Å². The molecule has 0 aromatic rings. The van der Waals surface area contributed by atoms with E-state index in [9.17, 15) is 0 Å². The first kappa shape index (κ1) is 9.00. The van der Waals surface area contributed by atoms with Crippen LogP contribution in [0, 0.1) is 0 Å². The molecule has 0 saturated carbocycles. The average molecular weight is 159 g/mol. The standard InChI is InChI=1S/C4H8O2.C2H4BO2/c1-2-6-4-3-5-1;1-2-4-5-3-1/h1-4H2;1-2H2. The molecule has 4 nitrogen and oxygen atoms in total. The van der Waals surface area contributed by atoms with Gasteiger partial charge in [-0.25, -0.2) is 0 Å². The molecule has 2 saturated heterocycles. The predicted molar refractivity (Wildman–Crippen MR) is 39.2 cm³/mol. The molecule has 0 aliphatic carbocycles. The minimum absolute atomic E-state index is 0.722. The highest BCUT2D eigenvalue weighted by Crippen LogP contribution is 1.91. The third-order valence-electron chi connectivity index (χ3n) is 1.20. The molecule has 2 heterocycles. The van der Waals surface area contributed by atoms with E-state index in [0.29, 0.717) is 0 Å². The number of hydrogen-bond donors (Lipinski definition) is 0. The van der Waals surface area contributed by atoms with Gasteiger partial charge in [-0.05, 0) is 6.32 Å². The van der Waals surface area contributed by atoms with Gasteiger partial charge < -0.3 is 14.3 Å². The van der Waals surface area contributed by atoms with Gasteiger partial charge in [0.05, 0.1) is 33.0 Å². The van der Waals surface area contributed by atoms with Gasteiger partial charge in [-0.15, -0.1) is 0 Å². The Morgan fingerprint density at radius 2 is 1.45 bits per heavy atom. The van der Waals surface area contributed by atoms with E-state index < -0.39 is 0 Å². The summed E-state index contributed by atoms with van der Waals surface area (Å²) in [5.41, 5.74) is 0. The normalized spacial score (nSPS) is 23.3. The molecule has 1 radical (unpaired) electrons. The van der Waals surface area contributed by atoms with Gasteiger partial charge in [-0.1, -0.05) is 0 Å². The van der Waals surface area contributed by atoms with E-state index in [0.717, 1.165) is 39.4 Å². The van der Waals surface area contributed by atoms with Crippen molar-refractivity contribution in [3.63, 3.8) is 0 Å². The summed E-state index contributed by atoms with van der Waals surface area (Å²) in [5, 5.41) is 0. The van der Waals surface area contributed by atoms with Crippen LogP contribution in [0.1, 0.15) is 0 Å². The minimum Gasteiger partial charge on any atom is -0.377 e. The van der Waals surface area contributed by atoms with Gasteiger partial charge in [-0.2, -0.15) is 0 Å². The van der Waals surface area contributed by atoms with Crippen LogP contribution in [0.4, 0.5) is 0 Å². The highest BCUT2D eigenvalue weighted by Gasteiger charge is 2.00. The maximum absolute atomic E-state index is 4.94. The molecule has 0 unspecified atom stereocenters. The average Bonchev–Trinajstić information content (AvgIpc) is 2.64. The Hall–Kier alpha value is -0.0951. The summed E-state index contributed by atoms with van der Waals surface area (Å²) < 4.78 is 9.89. The molecule has 11 heavy (non-hydrogen) atoms. The van der Waals surface area contributed by atoms with Crippen LogP contribution in [0.3, 0.4) is 0 Å². The van der Waals surface area contributed by atoms with Crippen molar-refractivity contribution in [2.45, 2.75) is 6.32 Å². The van der Waals surface area contributed by atoms with Crippen LogP contribution in [0.2, 0.25) is 6.32 Å². The smallest absolute Gasteiger partial charge is 0.346 e. The topological polar surface area (TPSA) is 36.9 Å². The predicted octanol–water partition coefficient (Wildman–Crippen LogP) is 0.0189. The molecular weight excluding hydrogens is 147 g/mol. The van der Waals surface area contributed by atoms with E-state index in [-0.39, 0.29) is 0 Å². The second kappa shape index (κ2) is 6.60. The SMILES string of the molecule is C1COCCO1.[B]1CCOO1. The Bertz CT molecular complexity index is 63.5. The zero-order valence-electron chi connectivity index (χ0n) is 6.45. The largest absolute Gasteiger partial charge is 0.377 e. The summed E-state index contributed by atoms with van der Waals surface area (Å²) >= 11 is 0. The molecule has 0 N–H and O–H groups in total. The molecule has 0 aromatic heterocycles. The monoisotopic (exact) mass is 159 g/mol. The zero-order valence-corrected chi connectivity index (χ0v) is 6.45. The Labute approximate surface area is 67.0 Å². The highest BCUT2D eigenvalue weighted by atomic mass is 17.2. The van der Waals surface area contributed by atoms with Crippen molar-refractivity contribution >= 4 is 7.48 Å². The Morgan fingerprint density at radius 3 is 1.64 bits per heavy atom. The second-order valence-corrected chi connectivity index (χ2v) is 2.10. The molecule has 0 bridgehead atoms. The first-order valence-electron chi connectivity index (χ1n) is 3.75. The summed E-state index contributed by atoms with van der Waals surface area (Å²) in [6, 6.07) is 0. The Kier molecular flexibility index (Phi) is 5.40. The van der Waals surface area contributed by atoms with E-state index in [1.807, 2.05) is 0 Å². The molecule has 0 atom stereocenters. The fourth-order valence-electron chi connectivity index (χ4n) is 0.680. The molecule has 2 aliphatic rings. The van der Waals surface area contributed by atoms with E-state index in [1.54, 1.807) is 7.48 Å². The first-order valence-corrected chi connectivity index (χ1v) is 3.75. The molecular formula is C6H12BO4. The van der Waals surface area contributed by atoms with E-state index in [4.69, 9.17) is 9.47 Å². The molecule has 63 valence electrons. The fourth-order valence-corrected chi connectivity index (χ4v) is 0.680. The summed E-state index contributed by atoms with van der Waals surface area (Å²) in [7, 11) is 1.64. The minimum atomic E-state index is 0.722. The van der Waals surface area contributed by atoms with Crippen molar-refractivity contribution in [2.24, 2.45) is 0 Å². The van der Waals surface area contributed by atoms with Gasteiger partial charge in [0.1, 0.15) is 0 Å². The van der Waals surface area contributed by atoms with Crippen LogP contribution >= 0.6 is 0 Å². The molecule has 2 aliphatic heterocycles. The third kappa shape index (κ3) is 5.20. The molecule has 0 amide bonds. The lowest BCUT2D eigenvalue weighted by atomic mass is 9.99. The summed E-state index contributed by atoms with van der Waals surface area (Å²) in [6.07, 6.45) is 0.931. The lowest BCUT2D eigenvalue weighted by molar-refractivity contribution is -0.181. The quantitative estimate of drug-likeness (QED) is 0.368. The van der Waals surface area contributed by atoms with Crippen molar-refractivity contribution in [1.82, 2.24) is 0 Å². The lowest BCUT2D eigenvalue weighted by Crippen LogP contribution is -2.16. The Balaban J connectivity index is 0.000000112. The van der Waals surface area contributed by atoms with Gasteiger partial charge in [0.25, 0.3) is 0 Å². The van der Waals surface area contributed by atoms with Gasteiger partial charge in [-0.3, -0.25) is 4.89 Å². The lowest BCUT2D eigenvalue weighted by Gasteiger charge is -2.09. The van der Waals surface area contributed by atoms with E-state index >= 15 is 0 Å². The van der Waals surface area contributed by atoms with Crippen LogP contribution in [0.15, 0.2) is 0 Å². The maximum Gasteiger partial charge on any atom is 0.346 e. The summed E-state index contributed by atoms with van der Waals surface area (Å²) in [6.45, 7) is 3.83. The van der Waals surface area contributed by atoms with E-state index in [1.165, 1.54) is 0 Å². The second-order valence-electron chi connectivity index (χ2n) is 2.10. The van der Waals surface area contributed by atoms with Crippen LogP contribution < -0.4 is 0 Å². The number of ether oxygens (including phenoxy) is 2. The van der Waals surface area contributed by atoms with Crippen molar-refractivity contribution in [1.29, 1.82) is 0 Å². The summed E-state index contributed by atoms with van der Waals surface area (Å²) in [5.74, 6) is 0. The van der Waals surface area contributed by atoms with Crippen LogP contribution in [0.5, 0.6) is 0 Å². The molecule has 2 rings (SSSR count). The third-order valence-corrected chi connectivity index (χ3v) is 1.20. The maximum atomic E-state index is 4.94. The molecule has 5 heteroatoms. The molecule has 0 aromatic carbocycles. The van der Waals surface area contributed by atoms with Crippen molar-refractivity contribution in [2.75, 3.05) is 33.0 Å². The van der Waals surface area contributed by atoms with Crippen LogP contribution in [-0.2, 0) is 19.2 Å². The molecule has 2 fully saturated rings. The molecule has 0 spiro atoms. The Morgan fingerprint density at radius 1 is 0.818 bits per heavy atom. The first-order chi connectivity index (χ1) is 5.50. The van der Waals surface area contributed by atoms with Gasteiger partial charge in [0.15, 0.2) is 0 Å². The zero-order chi connectivity index (χ0) is 7.78. The highest BCUT2D eigenvalue weighted by molar-refractivity contribution is 6.27. The van der Waals surface area contributed by atoms with Crippen LogP contribution in [0.25, 0.3) is 0 Å². The van der Waals surface area contributed by atoms with E-state index in [2.05, 4.69) is 9.69 Å².